The molecule has 5 heteroatoms. The molecule has 0 heterocycles. The number of carbonyl (C=O) groups excluding carboxylic acids is 2. The van der Waals surface area contributed by atoms with Crippen LogP contribution in [-0.2, 0) is 11.3 Å². The van der Waals surface area contributed by atoms with E-state index in [1.807, 2.05) is 36.5 Å². The van der Waals surface area contributed by atoms with Gasteiger partial charge in [0.25, 0.3) is 0 Å². The fraction of sp³-hybridized carbons (Fsp3) is 0.273. The van der Waals surface area contributed by atoms with Crippen LogP contribution in [0.5, 0.6) is 0 Å². The predicted octanol–water partition coefficient (Wildman–Crippen LogP) is 0.280. The zero-order valence-corrected chi connectivity index (χ0v) is 9.12. The number of carbonyl (C=O) groups is 2. The highest BCUT2D eigenvalue weighted by atomic mass is 16.2. The molecule has 0 aliphatic carbocycles. The van der Waals surface area contributed by atoms with E-state index in [-0.39, 0.29) is 6.54 Å². The van der Waals surface area contributed by atoms with Gasteiger partial charge in [-0.2, -0.15) is 0 Å². The third-order valence-electron chi connectivity index (χ3n) is 2.00. The third-order valence-corrected chi connectivity index (χ3v) is 2.00. The lowest BCUT2D eigenvalue weighted by Gasteiger charge is -2.04. The second kappa shape index (κ2) is 5.87. The van der Waals surface area contributed by atoms with Crippen LogP contribution in [0.3, 0.4) is 0 Å². The summed E-state index contributed by atoms with van der Waals surface area (Å²) in [5.74, 6) is -0.431. The van der Waals surface area contributed by atoms with E-state index in [4.69, 9.17) is 5.73 Å². The maximum Gasteiger partial charge on any atom is 0.318 e. The number of nitrogens with two attached hydrogens (primary N) is 1. The van der Waals surface area contributed by atoms with E-state index in [2.05, 4.69) is 5.32 Å². The van der Waals surface area contributed by atoms with Crippen molar-refractivity contribution in [1.82, 2.24) is 10.6 Å². The van der Waals surface area contributed by atoms with Gasteiger partial charge < -0.3 is 11.1 Å². The van der Waals surface area contributed by atoms with Gasteiger partial charge in [-0.15, -0.1) is 0 Å². The molecule has 0 bridgehead atoms. The molecule has 16 heavy (non-hydrogen) atoms. The Morgan fingerprint density at radius 1 is 1.25 bits per heavy atom. The Morgan fingerprint density at radius 2 is 1.88 bits per heavy atom. The molecular weight excluding hydrogens is 206 g/mol. The minimum Gasteiger partial charge on any atom is -0.351 e. The molecule has 0 fully saturated rings. The highest BCUT2D eigenvalue weighted by molar-refractivity contribution is 5.94. The molecule has 1 aromatic carbocycles. The SMILES string of the molecule is Cc1ccc(CNCC(=O)NC(N)=O)cc1. The van der Waals surface area contributed by atoms with E-state index >= 15 is 0 Å². The molecule has 3 amide bonds. The molecule has 0 aliphatic rings. The predicted molar refractivity (Wildman–Crippen MR) is 60.6 cm³/mol. The van der Waals surface area contributed by atoms with Gasteiger partial charge in [-0.3, -0.25) is 10.1 Å². The standard InChI is InChI=1S/C11H15N3O2/c1-8-2-4-9(5-3-8)6-13-7-10(15)14-11(12)16/h2-5,13H,6-7H2,1H3,(H3,12,14,15,16). The van der Waals surface area contributed by atoms with E-state index in [0.29, 0.717) is 6.54 Å². The normalized spacial score (nSPS) is 9.81. The van der Waals surface area contributed by atoms with Gasteiger partial charge in [0, 0.05) is 6.54 Å². The first-order valence-corrected chi connectivity index (χ1v) is 4.93. The Labute approximate surface area is 94.0 Å². The highest BCUT2D eigenvalue weighted by Crippen LogP contribution is 2.01. The Hall–Kier alpha value is -1.88. The van der Waals surface area contributed by atoms with Crippen molar-refractivity contribution in [2.75, 3.05) is 6.54 Å². The largest absolute Gasteiger partial charge is 0.351 e. The van der Waals surface area contributed by atoms with Crippen molar-refractivity contribution >= 4 is 11.9 Å². The summed E-state index contributed by atoms with van der Waals surface area (Å²) in [4.78, 5) is 21.4. The molecule has 0 spiro atoms. The average molecular weight is 221 g/mol. The van der Waals surface area contributed by atoms with Gasteiger partial charge in [-0.25, -0.2) is 4.79 Å². The van der Waals surface area contributed by atoms with Gasteiger partial charge in [0.15, 0.2) is 0 Å². The Bertz CT molecular complexity index is 373. The lowest BCUT2D eigenvalue weighted by Crippen LogP contribution is -2.40. The number of hydrogen-bond acceptors (Lipinski definition) is 3. The second-order valence-electron chi connectivity index (χ2n) is 3.50. The highest BCUT2D eigenvalue weighted by Gasteiger charge is 2.02. The van der Waals surface area contributed by atoms with Gasteiger partial charge in [0.2, 0.25) is 5.91 Å². The van der Waals surface area contributed by atoms with Crippen LogP contribution < -0.4 is 16.4 Å². The minimum absolute atomic E-state index is 0.0663. The number of imide groups is 1. The Kier molecular flexibility index (Phi) is 4.47. The van der Waals surface area contributed by atoms with E-state index in [9.17, 15) is 9.59 Å². The number of nitrogens with one attached hydrogen (secondary N) is 2. The molecule has 0 aliphatic heterocycles. The van der Waals surface area contributed by atoms with Crippen LogP contribution in [0.2, 0.25) is 0 Å². The first kappa shape index (κ1) is 12.2. The van der Waals surface area contributed by atoms with Gasteiger partial charge >= 0.3 is 6.03 Å². The summed E-state index contributed by atoms with van der Waals surface area (Å²) in [6.45, 7) is 2.65. The molecular formula is C11H15N3O2. The monoisotopic (exact) mass is 221 g/mol. The summed E-state index contributed by atoms with van der Waals surface area (Å²) in [6.07, 6.45) is 0. The lowest BCUT2D eigenvalue weighted by atomic mass is 10.1. The number of urea groups is 1. The molecule has 0 saturated heterocycles. The summed E-state index contributed by atoms with van der Waals surface area (Å²) in [7, 11) is 0. The van der Waals surface area contributed by atoms with Crippen molar-refractivity contribution in [3.05, 3.63) is 35.4 Å². The van der Waals surface area contributed by atoms with E-state index in [1.54, 1.807) is 0 Å². The maximum absolute atomic E-state index is 11.0. The molecule has 0 atom stereocenters. The fourth-order valence-electron chi connectivity index (χ4n) is 1.21. The number of aryl methyl sites for hydroxylation is 1. The first-order valence-electron chi connectivity index (χ1n) is 4.93. The van der Waals surface area contributed by atoms with Crippen LogP contribution in [0.1, 0.15) is 11.1 Å². The summed E-state index contributed by atoms with van der Waals surface area (Å²) >= 11 is 0. The van der Waals surface area contributed by atoms with Gasteiger partial charge in [0.05, 0.1) is 6.54 Å². The zero-order chi connectivity index (χ0) is 12.0. The molecule has 0 saturated carbocycles. The third kappa shape index (κ3) is 4.56. The maximum atomic E-state index is 11.0. The minimum atomic E-state index is -0.831. The summed E-state index contributed by atoms with van der Waals surface area (Å²) in [6, 6.07) is 7.13. The van der Waals surface area contributed by atoms with Crippen molar-refractivity contribution in [3.63, 3.8) is 0 Å². The quantitative estimate of drug-likeness (QED) is 0.682. The van der Waals surface area contributed by atoms with Gasteiger partial charge in [0.1, 0.15) is 0 Å². The van der Waals surface area contributed by atoms with Crippen LogP contribution in [0.25, 0.3) is 0 Å². The first-order chi connectivity index (χ1) is 7.58. The fourth-order valence-corrected chi connectivity index (χ4v) is 1.21. The van der Waals surface area contributed by atoms with Gasteiger partial charge in [-0.1, -0.05) is 29.8 Å². The summed E-state index contributed by atoms with van der Waals surface area (Å²) in [5, 5.41) is 4.88. The Morgan fingerprint density at radius 3 is 2.44 bits per heavy atom. The van der Waals surface area contributed by atoms with E-state index in [0.717, 1.165) is 5.56 Å². The summed E-state index contributed by atoms with van der Waals surface area (Å²) < 4.78 is 0. The van der Waals surface area contributed by atoms with Crippen LogP contribution >= 0.6 is 0 Å². The number of benzene rings is 1. The smallest absolute Gasteiger partial charge is 0.318 e. The molecule has 0 unspecified atom stereocenters. The van der Waals surface area contributed by atoms with E-state index in [1.165, 1.54) is 5.56 Å². The molecule has 1 aromatic rings. The number of hydrogen-bond donors (Lipinski definition) is 3. The van der Waals surface area contributed by atoms with Crippen LogP contribution in [0.4, 0.5) is 4.79 Å². The Balaban J connectivity index is 2.28. The number of rotatable bonds is 4. The van der Waals surface area contributed by atoms with Gasteiger partial charge in [-0.05, 0) is 12.5 Å². The average Bonchev–Trinajstić information content (AvgIpc) is 2.20. The lowest BCUT2D eigenvalue weighted by molar-refractivity contribution is -0.119. The van der Waals surface area contributed by atoms with Crippen molar-refractivity contribution in [3.8, 4) is 0 Å². The zero-order valence-electron chi connectivity index (χ0n) is 9.12. The van der Waals surface area contributed by atoms with Crippen LogP contribution in [0.15, 0.2) is 24.3 Å². The van der Waals surface area contributed by atoms with Crippen LogP contribution in [-0.4, -0.2) is 18.5 Å². The number of primary amides is 1. The topological polar surface area (TPSA) is 84.2 Å². The van der Waals surface area contributed by atoms with Crippen LogP contribution in [0, 0.1) is 6.92 Å². The molecule has 1 rings (SSSR count). The van der Waals surface area contributed by atoms with Crippen molar-refractivity contribution in [2.24, 2.45) is 5.73 Å². The van der Waals surface area contributed by atoms with Crippen molar-refractivity contribution < 1.29 is 9.59 Å². The molecule has 5 nitrogen and oxygen atoms in total. The second-order valence-corrected chi connectivity index (χ2v) is 3.50. The summed E-state index contributed by atoms with van der Waals surface area (Å²) in [5.41, 5.74) is 7.07. The van der Waals surface area contributed by atoms with Crippen molar-refractivity contribution in [1.29, 1.82) is 0 Å². The number of amides is 3. The van der Waals surface area contributed by atoms with E-state index < -0.39 is 11.9 Å². The molecule has 0 aromatic heterocycles. The molecule has 0 radical (unpaired) electrons. The molecule has 86 valence electrons. The van der Waals surface area contributed by atoms with Crippen molar-refractivity contribution in [2.45, 2.75) is 13.5 Å². The molecule has 4 N–H and O–H groups in total.